The van der Waals surface area contributed by atoms with Crippen molar-refractivity contribution in [3.63, 3.8) is 0 Å². The number of aliphatic hydroxyl groups is 1. The molecule has 6 nitrogen and oxygen atoms in total. The van der Waals surface area contributed by atoms with E-state index in [-0.39, 0.29) is 13.2 Å². The van der Waals surface area contributed by atoms with E-state index in [1.165, 1.54) is 7.11 Å². The molecule has 0 atom stereocenters. The van der Waals surface area contributed by atoms with Gasteiger partial charge in [-0.2, -0.15) is 13.1 Å². The zero-order valence-corrected chi connectivity index (χ0v) is 10.3. The van der Waals surface area contributed by atoms with E-state index in [4.69, 9.17) is 9.84 Å². The van der Waals surface area contributed by atoms with E-state index >= 15 is 0 Å². The topological polar surface area (TPSA) is 87.7 Å². The largest absolute Gasteiger partial charge is 0.392 e. The number of nitrogens with one attached hydrogen (secondary N) is 2. The monoisotopic (exact) mass is 260 g/mol. The lowest BCUT2D eigenvalue weighted by Gasteiger charge is -2.09. The van der Waals surface area contributed by atoms with Gasteiger partial charge in [0.05, 0.1) is 18.9 Å². The number of aliphatic hydroxyl groups excluding tert-OH is 1. The third-order valence-corrected chi connectivity index (χ3v) is 3.05. The summed E-state index contributed by atoms with van der Waals surface area (Å²) in [5.41, 5.74) is 1.04. The number of hydrogen-bond acceptors (Lipinski definition) is 4. The molecule has 17 heavy (non-hydrogen) atoms. The van der Waals surface area contributed by atoms with E-state index in [9.17, 15) is 8.42 Å². The molecule has 0 bridgehead atoms. The minimum atomic E-state index is -3.59. The van der Waals surface area contributed by atoms with E-state index in [0.29, 0.717) is 17.9 Å². The molecule has 1 aromatic rings. The Balaban J connectivity index is 2.62. The number of methoxy groups -OCH3 is 1. The van der Waals surface area contributed by atoms with E-state index in [0.717, 1.165) is 0 Å². The maximum Gasteiger partial charge on any atom is 0.299 e. The predicted octanol–water partition coefficient (Wildman–Crippen LogP) is 0.0716. The molecule has 0 spiro atoms. The van der Waals surface area contributed by atoms with Gasteiger partial charge in [-0.1, -0.05) is 12.1 Å². The molecule has 0 saturated carbocycles. The van der Waals surface area contributed by atoms with Crippen LogP contribution in [0.15, 0.2) is 24.3 Å². The fraction of sp³-hybridized carbons (Fsp3) is 0.400. The fourth-order valence-electron chi connectivity index (χ4n) is 1.20. The van der Waals surface area contributed by atoms with Crippen molar-refractivity contribution >= 4 is 15.9 Å². The van der Waals surface area contributed by atoms with Crippen molar-refractivity contribution in [1.82, 2.24) is 4.72 Å². The summed E-state index contributed by atoms with van der Waals surface area (Å²) in [7, 11) is -2.10. The molecule has 0 aromatic heterocycles. The maximum atomic E-state index is 11.5. The van der Waals surface area contributed by atoms with Crippen LogP contribution in [0.2, 0.25) is 0 Å². The highest BCUT2D eigenvalue weighted by molar-refractivity contribution is 7.90. The summed E-state index contributed by atoms with van der Waals surface area (Å²) >= 11 is 0. The van der Waals surface area contributed by atoms with Gasteiger partial charge in [0.1, 0.15) is 0 Å². The normalized spacial score (nSPS) is 11.4. The Bertz CT molecular complexity index is 447. The second kappa shape index (κ2) is 6.55. The number of hydrogen-bond donors (Lipinski definition) is 3. The molecule has 0 amide bonds. The molecule has 0 fully saturated rings. The Kier molecular flexibility index (Phi) is 5.36. The first-order valence-electron chi connectivity index (χ1n) is 5.03. The Morgan fingerprint density at radius 1 is 1.41 bits per heavy atom. The lowest BCUT2D eigenvalue weighted by atomic mass is 10.2. The van der Waals surface area contributed by atoms with Gasteiger partial charge in [0.15, 0.2) is 0 Å². The van der Waals surface area contributed by atoms with Crippen LogP contribution in [0.5, 0.6) is 0 Å². The van der Waals surface area contributed by atoms with Gasteiger partial charge in [-0.15, -0.1) is 0 Å². The lowest BCUT2D eigenvalue weighted by molar-refractivity contribution is 0.204. The highest BCUT2D eigenvalue weighted by Crippen LogP contribution is 2.11. The van der Waals surface area contributed by atoms with Crippen molar-refractivity contribution < 1.29 is 18.3 Å². The molecular weight excluding hydrogens is 244 g/mol. The maximum absolute atomic E-state index is 11.5. The summed E-state index contributed by atoms with van der Waals surface area (Å²) in [5.74, 6) is 0. The van der Waals surface area contributed by atoms with Crippen LogP contribution in [0, 0.1) is 0 Å². The molecule has 0 heterocycles. The van der Waals surface area contributed by atoms with Gasteiger partial charge in [-0.05, 0) is 17.7 Å². The van der Waals surface area contributed by atoms with E-state index in [1.54, 1.807) is 24.3 Å². The van der Waals surface area contributed by atoms with Crippen LogP contribution in [0.4, 0.5) is 5.69 Å². The highest BCUT2D eigenvalue weighted by atomic mass is 32.2. The smallest absolute Gasteiger partial charge is 0.299 e. The molecule has 0 aliphatic carbocycles. The summed E-state index contributed by atoms with van der Waals surface area (Å²) in [6.45, 7) is 0.371. The molecule has 96 valence electrons. The first-order chi connectivity index (χ1) is 8.07. The molecule has 0 unspecified atom stereocenters. The van der Waals surface area contributed by atoms with Crippen LogP contribution in [-0.4, -0.2) is 33.8 Å². The quantitative estimate of drug-likeness (QED) is 0.605. The third-order valence-electron chi connectivity index (χ3n) is 1.96. The minimum Gasteiger partial charge on any atom is -0.392 e. The zero-order chi connectivity index (χ0) is 12.7. The summed E-state index contributed by atoms with van der Waals surface area (Å²) in [6.07, 6.45) is 0. The fourth-order valence-corrected chi connectivity index (χ4v) is 2.06. The molecular formula is C10H16N2O4S. The number of anilines is 1. The van der Waals surface area contributed by atoms with Crippen molar-refractivity contribution in [2.45, 2.75) is 6.61 Å². The Labute approximate surface area is 101 Å². The average Bonchev–Trinajstić information content (AvgIpc) is 2.29. The Hall–Kier alpha value is -1.15. The van der Waals surface area contributed by atoms with Crippen LogP contribution in [0.25, 0.3) is 0 Å². The van der Waals surface area contributed by atoms with Crippen molar-refractivity contribution in [2.75, 3.05) is 25.0 Å². The van der Waals surface area contributed by atoms with Gasteiger partial charge < -0.3 is 9.84 Å². The molecule has 7 heteroatoms. The van der Waals surface area contributed by atoms with E-state index in [2.05, 4.69) is 9.44 Å². The minimum absolute atomic E-state index is 0.132. The third kappa shape index (κ3) is 5.14. The molecule has 0 saturated heterocycles. The summed E-state index contributed by atoms with van der Waals surface area (Å²) in [5, 5.41) is 8.92. The van der Waals surface area contributed by atoms with Crippen molar-refractivity contribution in [2.24, 2.45) is 0 Å². The lowest BCUT2D eigenvalue weighted by Crippen LogP contribution is -2.32. The number of ether oxygens (including phenoxy) is 1. The highest BCUT2D eigenvalue weighted by Gasteiger charge is 2.08. The van der Waals surface area contributed by atoms with Gasteiger partial charge in [0, 0.05) is 13.7 Å². The Morgan fingerprint density at radius 3 is 2.82 bits per heavy atom. The van der Waals surface area contributed by atoms with Crippen molar-refractivity contribution in [3.05, 3.63) is 29.8 Å². The average molecular weight is 260 g/mol. The van der Waals surface area contributed by atoms with E-state index < -0.39 is 10.2 Å². The van der Waals surface area contributed by atoms with Gasteiger partial charge in [-0.3, -0.25) is 4.72 Å². The second-order valence-electron chi connectivity index (χ2n) is 3.35. The van der Waals surface area contributed by atoms with Crippen LogP contribution in [0.3, 0.4) is 0 Å². The first kappa shape index (κ1) is 13.9. The molecule has 3 N–H and O–H groups in total. The molecule has 1 rings (SSSR count). The van der Waals surface area contributed by atoms with E-state index in [1.807, 2.05) is 0 Å². The first-order valence-corrected chi connectivity index (χ1v) is 6.52. The van der Waals surface area contributed by atoms with Gasteiger partial charge in [0.2, 0.25) is 0 Å². The van der Waals surface area contributed by atoms with Gasteiger partial charge in [-0.25, -0.2) is 0 Å². The summed E-state index contributed by atoms with van der Waals surface area (Å²) in [4.78, 5) is 0. The second-order valence-corrected chi connectivity index (χ2v) is 4.85. The zero-order valence-electron chi connectivity index (χ0n) is 9.51. The molecule has 1 aromatic carbocycles. The van der Waals surface area contributed by atoms with Crippen molar-refractivity contribution in [1.29, 1.82) is 0 Å². The van der Waals surface area contributed by atoms with Crippen LogP contribution < -0.4 is 9.44 Å². The van der Waals surface area contributed by atoms with Crippen LogP contribution in [0.1, 0.15) is 5.56 Å². The summed E-state index contributed by atoms with van der Waals surface area (Å²) < 4.78 is 32.5. The SMILES string of the molecule is COCCNS(=O)(=O)Nc1cccc(CO)c1. The standard InChI is InChI=1S/C10H16N2O4S/c1-16-6-5-11-17(14,15)12-10-4-2-3-9(7-10)8-13/h2-4,7,11-13H,5-6,8H2,1H3. The molecule has 0 radical (unpaired) electrons. The molecule has 0 aliphatic rings. The molecule has 0 aliphatic heterocycles. The van der Waals surface area contributed by atoms with Gasteiger partial charge in [0.25, 0.3) is 10.2 Å². The van der Waals surface area contributed by atoms with Crippen molar-refractivity contribution in [3.8, 4) is 0 Å². The number of benzene rings is 1. The van der Waals surface area contributed by atoms with Gasteiger partial charge >= 0.3 is 0 Å². The van der Waals surface area contributed by atoms with Crippen LogP contribution >= 0.6 is 0 Å². The Morgan fingerprint density at radius 2 is 2.18 bits per heavy atom. The summed E-state index contributed by atoms with van der Waals surface area (Å²) in [6, 6.07) is 6.54. The van der Waals surface area contributed by atoms with Crippen LogP contribution in [-0.2, 0) is 21.6 Å². The number of rotatable bonds is 7. The predicted molar refractivity (Wildman–Crippen MR) is 64.8 cm³/mol.